The summed E-state index contributed by atoms with van der Waals surface area (Å²) in [7, 11) is 1.41. The Balaban J connectivity index is 2.46. The lowest BCUT2D eigenvalue weighted by Gasteiger charge is -2.21. The van der Waals surface area contributed by atoms with E-state index in [0.717, 1.165) is 44.9 Å². The molecule has 4 nitrogen and oxygen atoms in total. The Morgan fingerprint density at radius 1 is 1.35 bits per heavy atom. The van der Waals surface area contributed by atoms with Crippen LogP contribution in [0, 0.1) is 5.92 Å². The van der Waals surface area contributed by atoms with E-state index in [-0.39, 0.29) is 11.9 Å². The zero-order chi connectivity index (χ0) is 19.4. The summed E-state index contributed by atoms with van der Waals surface area (Å²) in [5, 5.41) is 20.7. The zero-order valence-corrected chi connectivity index (χ0v) is 16.6. The molecule has 1 aliphatic carbocycles. The maximum atomic E-state index is 11.1. The molecule has 2 N–H and O–H groups in total. The van der Waals surface area contributed by atoms with Gasteiger partial charge in [-0.1, -0.05) is 62.1 Å². The standard InChI is InChI=1S/C22H36O4/c1-4-5-10-16-22(2,25)17-15-19-18(13-14-20(19)23)11-8-6-7-9-12-21(24)26-3/h6,8,13,15,17,19-20,23,25H,4-5,7,9-12,14,16H2,1-3H3/b8-6-,17-15+/t19-,20-,22?/m1/s1. The second-order valence-electron chi connectivity index (χ2n) is 7.43. The lowest BCUT2D eigenvalue weighted by atomic mass is 9.91. The largest absolute Gasteiger partial charge is 0.469 e. The molecule has 0 aromatic heterocycles. The van der Waals surface area contributed by atoms with Crippen molar-refractivity contribution in [2.75, 3.05) is 7.11 Å². The van der Waals surface area contributed by atoms with Crippen LogP contribution in [0.4, 0.5) is 0 Å². The van der Waals surface area contributed by atoms with Gasteiger partial charge in [-0.2, -0.15) is 0 Å². The number of aliphatic hydroxyl groups excluding tert-OH is 1. The first kappa shape index (κ1) is 22.7. The minimum atomic E-state index is -0.813. The Bertz CT molecular complexity index is 502. The first-order valence-electron chi connectivity index (χ1n) is 9.90. The third kappa shape index (κ3) is 8.81. The molecule has 1 aliphatic rings. The number of methoxy groups -OCH3 is 1. The molecule has 4 heteroatoms. The maximum Gasteiger partial charge on any atom is 0.305 e. The monoisotopic (exact) mass is 364 g/mol. The van der Waals surface area contributed by atoms with Gasteiger partial charge in [0.2, 0.25) is 0 Å². The van der Waals surface area contributed by atoms with Crippen LogP contribution < -0.4 is 0 Å². The van der Waals surface area contributed by atoms with Gasteiger partial charge in [0.1, 0.15) is 0 Å². The average Bonchev–Trinajstić information content (AvgIpc) is 2.96. The van der Waals surface area contributed by atoms with Crippen LogP contribution in [0.25, 0.3) is 0 Å². The minimum absolute atomic E-state index is 0.0210. The van der Waals surface area contributed by atoms with Crippen LogP contribution in [0.1, 0.15) is 71.6 Å². The predicted octanol–water partition coefficient (Wildman–Crippen LogP) is 4.47. The summed E-state index contributed by atoms with van der Waals surface area (Å²) in [6.07, 6.45) is 17.3. The second-order valence-corrected chi connectivity index (χ2v) is 7.43. The van der Waals surface area contributed by atoms with E-state index in [1.807, 2.05) is 19.1 Å². The molecular weight excluding hydrogens is 328 g/mol. The fourth-order valence-corrected chi connectivity index (χ4v) is 3.20. The fraction of sp³-hybridized carbons (Fsp3) is 0.682. The van der Waals surface area contributed by atoms with Crippen LogP contribution in [0.2, 0.25) is 0 Å². The third-order valence-corrected chi connectivity index (χ3v) is 4.91. The number of rotatable bonds is 12. The normalized spacial score (nSPS) is 22.7. The Labute approximate surface area is 158 Å². The number of esters is 1. The van der Waals surface area contributed by atoms with Gasteiger partial charge in [-0.25, -0.2) is 0 Å². The number of allylic oxidation sites excluding steroid dienone is 2. The van der Waals surface area contributed by atoms with E-state index in [2.05, 4.69) is 29.9 Å². The van der Waals surface area contributed by atoms with E-state index < -0.39 is 11.7 Å². The molecule has 0 aromatic rings. The number of carbonyl (C=O) groups is 1. The highest BCUT2D eigenvalue weighted by molar-refractivity contribution is 5.69. The molecule has 0 radical (unpaired) electrons. The van der Waals surface area contributed by atoms with E-state index in [1.54, 1.807) is 0 Å². The molecule has 1 unspecified atom stereocenters. The molecular formula is C22H36O4. The number of aliphatic hydroxyl groups is 2. The Hall–Kier alpha value is -1.39. The number of carbonyl (C=O) groups excluding carboxylic acids is 1. The molecule has 0 heterocycles. The van der Waals surface area contributed by atoms with E-state index in [0.29, 0.717) is 12.8 Å². The summed E-state index contributed by atoms with van der Waals surface area (Å²) >= 11 is 0. The van der Waals surface area contributed by atoms with Crippen molar-refractivity contribution in [1.82, 2.24) is 0 Å². The van der Waals surface area contributed by atoms with Crippen LogP contribution >= 0.6 is 0 Å². The van der Waals surface area contributed by atoms with Gasteiger partial charge in [0.15, 0.2) is 0 Å². The lowest BCUT2D eigenvalue weighted by molar-refractivity contribution is -0.140. The van der Waals surface area contributed by atoms with Crippen molar-refractivity contribution in [3.05, 3.63) is 36.0 Å². The molecule has 0 saturated heterocycles. The molecule has 0 aromatic carbocycles. The highest BCUT2D eigenvalue weighted by Gasteiger charge is 2.26. The summed E-state index contributed by atoms with van der Waals surface area (Å²) in [5.74, 6) is -0.191. The molecule has 0 fully saturated rings. The van der Waals surface area contributed by atoms with E-state index >= 15 is 0 Å². The molecule has 0 amide bonds. The van der Waals surface area contributed by atoms with E-state index in [1.165, 1.54) is 12.7 Å². The van der Waals surface area contributed by atoms with Gasteiger partial charge in [-0.05, 0) is 39.0 Å². The SMILES string of the molecule is CCCCCC(C)(O)/C=C/[C@@H]1C(C/C=C\CCCC(=O)OC)=CC[C@H]1O. The van der Waals surface area contributed by atoms with Crippen molar-refractivity contribution in [2.24, 2.45) is 5.92 Å². The van der Waals surface area contributed by atoms with Crippen molar-refractivity contribution in [2.45, 2.75) is 83.3 Å². The highest BCUT2D eigenvalue weighted by Crippen LogP contribution is 2.31. The van der Waals surface area contributed by atoms with Gasteiger partial charge in [-0.15, -0.1) is 0 Å². The van der Waals surface area contributed by atoms with Gasteiger partial charge >= 0.3 is 5.97 Å². The fourth-order valence-electron chi connectivity index (χ4n) is 3.20. The van der Waals surface area contributed by atoms with Crippen molar-refractivity contribution in [1.29, 1.82) is 0 Å². The number of hydrogen-bond donors (Lipinski definition) is 2. The van der Waals surface area contributed by atoms with Gasteiger partial charge in [0.05, 0.1) is 18.8 Å². The summed E-state index contributed by atoms with van der Waals surface area (Å²) in [4.78, 5) is 11.1. The zero-order valence-electron chi connectivity index (χ0n) is 16.6. The Morgan fingerprint density at radius 3 is 2.81 bits per heavy atom. The molecule has 1 rings (SSSR count). The van der Waals surface area contributed by atoms with Crippen LogP contribution in [0.5, 0.6) is 0 Å². The van der Waals surface area contributed by atoms with Crippen LogP contribution in [0.15, 0.2) is 36.0 Å². The summed E-state index contributed by atoms with van der Waals surface area (Å²) in [6, 6.07) is 0. The van der Waals surface area contributed by atoms with E-state index in [9.17, 15) is 15.0 Å². The lowest BCUT2D eigenvalue weighted by Crippen LogP contribution is -2.22. The predicted molar refractivity (Wildman–Crippen MR) is 106 cm³/mol. The third-order valence-electron chi connectivity index (χ3n) is 4.91. The quantitative estimate of drug-likeness (QED) is 0.305. The maximum absolute atomic E-state index is 11.1. The number of hydrogen-bond acceptors (Lipinski definition) is 4. The molecule has 0 spiro atoms. The Morgan fingerprint density at radius 2 is 2.12 bits per heavy atom. The van der Waals surface area contributed by atoms with Crippen LogP contribution in [-0.4, -0.2) is 35.0 Å². The van der Waals surface area contributed by atoms with Crippen molar-refractivity contribution >= 4 is 5.97 Å². The smallest absolute Gasteiger partial charge is 0.305 e. The van der Waals surface area contributed by atoms with Crippen LogP contribution in [0.3, 0.4) is 0 Å². The summed E-state index contributed by atoms with van der Waals surface area (Å²) < 4.78 is 4.62. The van der Waals surface area contributed by atoms with Crippen molar-refractivity contribution in [3.63, 3.8) is 0 Å². The average molecular weight is 365 g/mol. The van der Waals surface area contributed by atoms with Gasteiger partial charge in [0, 0.05) is 12.3 Å². The van der Waals surface area contributed by atoms with Gasteiger partial charge < -0.3 is 14.9 Å². The van der Waals surface area contributed by atoms with Crippen LogP contribution in [-0.2, 0) is 9.53 Å². The number of ether oxygens (including phenoxy) is 1. The molecule has 26 heavy (non-hydrogen) atoms. The summed E-state index contributed by atoms with van der Waals surface area (Å²) in [5.41, 5.74) is 0.383. The topological polar surface area (TPSA) is 66.8 Å². The molecule has 3 atom stereocenters. The highest BCUT2D eigenvalue weighted by atomic mass is 16.5. The van der Waals surface area contributed by atoms with Gasteiger partial charge in [-0.3, -0.25) is 4.79 Å². The first-order valence-corrected chi connectivity index (χ1v) is 9.90. The molecule has 0 saturated carbocycles. The molecule has 148 valence electrons. The van der Waals surface area contributed by atoms with E-state index in [4.69, 9.17) is 0 Å². The minimum Gasteiger partial charge on any atom is -0.469 e. The van der Waals surface area contributed by atoms with Crippen molar-refractivity contribution in [3.8, 4) is 0 Å². The molecule has 0 bridgehead atoms. The first-order chi connectivity index (χ1) is 12.4. The van der Waals surface area contributed by atoms with Gasteiger partial charge in [0.25, 0.3) is 0 Å². The summed E-state index contributed by atoms with van der Waals surface area (Å²) in [6.45, 7) is 3.99. The molecule has 0 aliphatic heterocycles. The Kier molecular flexibility index (Phi) is 10.5. The second kappa shape index (κ2) is 12.1. The van der Waals surface area contributed by atoms with Crippen molar-refractivity contribution < 1.29 is 19.7 Å². The number of unbranched alkanes of at least 4 members (excludes halogenated alkanes) is 3.